The third-order valence-electron chi connectivity index (χ3n) is 6.11. The fourth-order valence-corrected chi connectivity index (χ4v) is 4.54. The summed E-state index contributed by atoms with van der Waals surface area (Å²) in [6.07, 6.45) is 2.60. The van der Waals surface area contributed by atoms with E-state index >= 15 is 0 Å². The number of guanidine groups is 1. The molecule has 3 unspecified atom stereocenters. The van der Waals surface area contributed by atoms with Gasteiger partial charge in [-0.25, -0.2) is 14.9 Å². The molecule has 0 saturated carbocycles. The lowest BCUT2D eigenvalue weighted by atomic mass is 9.84. The Hall–Kier alpha value is -3.08. The molecule has 3 atom stereocenters. The molecule has 0 radical (unpaired) electrons. The van der Waals surface area contributed by atoms with E-state index in [9.17, 15) is 5.26 Å². The molecule has 154 valence electrons. The largest absolute Gasteiger partial charge is 0.489 e. The Balaban J connectivity index is 1.57. The molecule has 0 bridgehead atoms. The molecule has 0 aliphatic carbocycles. The van der Waals surface area contributed by atoms with E-state index in [1.54, 1.807) is 13.1 Å². The molecular weight excluding hydrogens is 380 g/mol. The lowest BCUT2D eigenvalue weighted by Crippen LogP contribution is -2.44. The average molecular weight is 404 g/mol. The van der Waals surface area contributed by atoms with Gasteiger partial charge >= 0.3 is 0 Å². The average Bonchev–Trinajstić information content (AvgIpc) is 3.07. The lowest BCUT2D eigenvalue weighted by molar-refractivity contribution is -0.196. The summed E-state index contributed by atoms with van der Waals surface area (Å²) in [6, 6.07) is 15.7. The first-order chi connectivity index (χ1) is 14.6. The van der Waals surface area contributed by atoms with Gasteiger partial charge in [0.15, 0.2) is 0 Å². The number of aliphatic imine (C=N–C) groups is 1. The Labute approximate surface area is 175 Å². The zero-order valence-electron chi connectivity index (χ0n) is 16.9. The topological polar surface area (TPSA) is 93.1 Å². The highest BCUT2D eigenvalue weighted by Gasteiger charge is 2.50. The fourth-order valence-electron chi connectivity index (χ4n) is 4.54. The number of nitrogens with two attached hydrogens (primary N) is 1. The van der Waals surface area contributed by atoms with E-state index in [-0.39, 0.29) is 6.10 Å². The summed E-state index contributed by atoms with van der Waals surface area (Å²) in [5.74, 6) is 1.39. The van der Waals surface area contributed by atoms with Gasteiger partial charge in [-0.3, -0.25) is 0 Å². The van der Waals surface area contributed by atoms with Gasteiger partial charge in [-0.15, -0.1) is 0 Å². The zero-order valence-corrected chi connectivity index (χ0v) is 16.9. The van der Waals surface area contributed by atoms with Crippen molar-refractivity contribution in [2.24, 2.45) is 16.6 Å². The number of hydroxylamine groups is 2. The zero-order chi connectivity index (χ0) is 20.7. The normalized spacial score (nSPS) is 27.9. The van der Waals surface area contributed by atoms with Crippen molar-refractivity contribution in [2.45, 2.75) is 31.1 Å². The number of rotatable bonds is 2. The number of nitrogens with zero attached hydrogens (tertiary/aromatic N) is 3. The minimum atomic E-state index is -0.919. The summed E-state index contributed by atoms with van der Waals surface area (Å²) in [6.45, 7) is 1.49. The molecule has 5 rings (SSSR count). The van der Waals surface area contributed by atoms with E-state index in [1.165, 1.54) is 5.06 Å². The second-order valence-electron chi connectivity index (χ2n) is 8.08. The van der Waals surface area contributed by atoms with Gasteiger partial charge < -0.3 is 15.2 Å². The molecule has 1 fully saturated rings. The predicted molar refractivity (Wildman–Crippen MR) is 111 cm³/mol. The Morgan fingerprint density at radius 1 is 1.23 bits per heavy atom. The van der Waals surface area contributed by atoms with Gasteiger partial charge in [0.1, 0.15) is 11.9 Å². The molecule has 1 saturated heterocycles. The molecule has 3 aliphatic rings. The van der Waals surface area contributed by atoms with Gasteiger partial charge in [-0.05, 0) is 48.2 Å². The van der Waals surface area contributed by atoms with E-state index in [2.05, 4.69) is 6.07 Å². The molecule has 30 heavy (non-hydrogen) atoms. The van der Waals surface area contributed by atoms with E-state index in [1.807, 2.05) is 36.4 Å². The van der Waals surface area contributed by atoms with Crippen molar-refractivity contribution in [3.63, 3.8) is 0 Å². The van der Waals surface area contributed by atoms with Crippen molar-refractivity contribution in [1.82, 2.24) is 5.06 Å². The number of hydrogen-bond donors (Lipinski definition) is 1. The summed E-state index contributed by atoms with van der Waals surface area (Å²) >= 11 is 0. The summed E-state index contributed by atoms with van der Waals surface area (Å²) in [7, 11) is 1.77. The SMILES string of the molecule is CN1OC2(CC(C3CCCOC3)Oc3ccc(-c4cccc(C#N)c4)cc32)N=C1N. The summed E-state index contributed by atoms with van der Waals surface area (Å²) in [4.78, 5) is 11.0. The van der Waals surface area contributed by atoms with Crippen molar-refractivity contribution in [2.75, 3.05) is 20.3 Å². The number of hydrogen-bond acceptors (Lipinski definition) is 7. The third-order valence-corrected chi connectivity index (χ3v) is 6.11. The third kappa shape index (κ3) is 3.18. The van der Waals surface area contributed by atoms with Crippen molar-refractivity contribution < 1.29 is 14.3 Å². The van der Waals surface area contributed by atoms with Crippen molar-refractivity contribution >= 4 is 5.96 Å². The smallest absolute Gasteiger partial charge is 0.221 e. The van der Waals surface area contributed by atoms with Gasteiger partial charge in [0, 0.05) is 26.0 Å². The highest BCUT2D eigenvalue weighted by atomic mass is 16.7. The maximum atomic E-state index is 9.24. The highest BCUT2D eigenvalue weighted by molar-refractivity contribution is 5.79. The lowest BCUT2D eigenvalue weighted by Gasteiger charge is -2.41. The van der Waals surface area contributed by atoms with Gasteiger partial charge in [0.05, 0.1) is 23.8 Å². The highest BCUT2D eigenvalue weighted by Crippen LogP contribution is 2.48. The number of fused-ring (bicyclic) bond motifs is 2. The minimum Gasteiger partial charge on any atom is -0.489 e. The number of benzene rings is 2. The Morgan fingerprint density at radius 2 is 2.10 bits per heavy atom. The van der Waals surface area contributed by atoms with Gasteiger partial charge in [0.2, 0.25) is 11.7 Å². The Kier molecular flexibility index (Phi) is 4.61. The first kappa shape index (κ1) is 18.9. The molecule has 7 heteroatoms. The minimum absolute atomic E-state index is 0.0615. The molecule has 2 aromatic carbocycles. The van der Waals surface area contributed by atoms with E-state index < -0.39 is 5.72 Å². The Morgan fingerprint density at radius 3 is 2.83 bits per heavy atom. The Bertz CT molecular complexity index is 1040. The standard InChI is InChI=1S/C23H24N4O3/c1-27-22(25)26-23(30-27)12-21(18-6-3-9-28-14-18)29-20-8-7-17(11-19(20)23)16-5-2-4-15(10-16)13-24/h2,4-5,7-8,10-11,18,21H,3,6,9,12,14H2,1H3,(H2,25,26). The van der Waals surface area contributed by atoms with Crippen LogP contribution in [0.2, 0.25) is 0 Å². The van der Waals surface area contributed by atoms with Crippen molar-refractivity contribution in [3.05, 3.63) is 53.6 Å². The van der Waals surface area contributed by atoms with Crippen LogP contribution in [0.5, 0.6) is 5.75 Å². The van der Waals surface area contributed by atoms with E-state index in [0.717, 1.165) is 41.9 Å². The molecule has 0 amide bonds. The monoisotopic (exact) mass is 404 g/mol. The first-order valence-electron chi connectivity index (χ1n) is 10.3. The number of nitriles is 1. The molecule has 0 aromatic heterocycles. The maximum absolute atomic E-state index is 9.24. The molecular formula is C23H24N4O3. The molecule has 2 aromatic rings. The van der Waals surface area contributed by atoms with Crippen LogP contribution in [-0.4, -0.2) is 37.4 Å². The van der Waals surface area contributed by atoms with Crippen LogP contribution < -0.4 is 10.5 Å². The van der Waals surface area contributed by atoms with Crippen LogP contribution >= 0.6 is 0 Å². The van der Waals surface area contributed by atoms with E-state index in [4.69, 9.17) is 25.0 Å². The summed E-state index contributed by atoms with van der Waals surface area (Å²) in [5, 5.41) is 10.8. The first-order valence-corrected chi connectivity index (χ1v) is 10.3. The summed E-state index contributed by atoms with van der Waals surface area (Å²) in [5.41, 5.74) is 8.58. The van der Waals surface area contributed by atoms with Crippen LogP contribution in [0.25, 0.3) is 11.1 Å². The van der Waals surface area contributed by atoms with Crippen LogP contribution in [0.1, 0.15) is 30.4 Å². The summed E-state index contributed by atoms with van der Waals surface area (Å²) < 4.78 is 12.1. The van der Waals surface area contributed by atoms with Crippen molar-refractivity contribution in [3.8, 4) is 22.9 Å². The van der Waals surface area contributed by atoms with Crippen LogP contribution in [0.3, 0.4) is 0 Å². The van der Waals surface area contributed by atoms with Gasteiger partial charge in [0.25, 0.3) is 0 Å². The number of ether oxygens (including phenoxy) is 2. The molecule has 7 nitrogen and oxygen atoms in total. The molecule has 3 aliphatic heterocycles. The van der Waals surface area contributed by atoms with Crippen LogP contribution in [-0.2, 0) is 15.3 Å². The molecule has 1 spiro atoms. The second-order valence-corrected chi connectivity index (χ2v) is 8.08. The second kappa shape index (κ2) is 7.31. The predicted octanol–water partition coefficient (Wildman–Crippen LogP) is 3.15. The van der Waals surface area contributed by atoms with Crippen LogP contribution in [0.4, 0.5) is 0 Å². The van der Waals surface area contributed by atoms with Crippen LogP contribution in [0.15, 0.2) is 47.5 Å². The van der Waals surface area contributed by atoms with Gasteiger partial charge in [-0.1, -0.05) is 18.2 Å². The van der Waals surface area contributed by atoms with E-state index in [0.29, 0.717) is 30.5 Å². The molecule has 2 N–H and O–H groups in total. The van der Waals surface area contributed by atoms with Crippen molar-refractivity contribution in [1.29, 1.82) is 5.26 Å². The maximum Gasteiger partial charge on any atom is 0.221 e. The fraction of sp³-hybridized carbons (Fsp3) is 0.391. The van der Waals surface area contributed by atoms with Gasteiger partial charge in [-0.2, -0.15) is 5.26 Å². The molecule has 3 heterocycles. The van der Waals surface area contributed by atoms with Crippen LogP contribution in [0, 0.1) is 17.2 Å². The quantitative estimate of drug-likeness (QED) is 0.827.